The van der Waals surface area contributed by atoms with Crippen LogP contribution in [0.25, 0.3) is 0 Å². The highest BCUT2D eigenvalue weighted by molar-refractivity contribution is 5.24. The summed E-state index contributed by atoms with van der Waals surface area (Å²) in [4.78, 5) is 7.65. The first-order valence-electron chi connectivity index (χ1n) is 3.38. The highest BCUT2D eigenvalue weighted by atomic mass is 19.1. The van der Waals surface area contributed by atoms with Crippen molar-refractivity contribution in [3.05, 3.63) is 17.5 Å². The van der Waals surface area contributed by atoms with Gasteiger partial charge in [0.1, 0.15) is 0 Å². The Labute approximate surface area is 64.5 Å². The van der Waals surface area contributed by atoms with Crippen LogP contribution in [0.4, 0.5) is 10.3 Å². The zero-order valence-corrected chi connectivity index (χ0v) is 6.34. The van der Waals surface area contributed by atoms with Gasteiger partial charge in [0, 0.05) is 18.3 Å². The lowest BCUT2D eigenvalue weighted by molar-refractivity contribution is 0.493. The lowest BCUT2D eigenvalue weighted by atomic mass is 10.2. The predicted octanol–water partition coefficient (Wildman–Crippen LogP) is 0.879. The van der Waals surface area contributed by atoms with Gasteiger partial charge in [-0.1, -0.05) is 0 Å². The fourth-order valence-electron chi connectivity index (χ4n) is 0.857. The van der Waals surface area contributed by atoms with Crippen LogP contribution in [0, 0.1) is 6.92 Å². The summed E-state index contributed by atoms with van der Waals surface area (Å²) in [6, 6.07) is 0. The molecule has 0 saturated heterocycles. The minimum atomic E-state index is -0.381. The molecule has 1 aromatic heterocycles. The molecule has 60 valence electrons. The number of hydrogen-bond donors (Lipinski definition) is 1. The Morgan fingerprint density at radius 1 is 1.64 bits per heavy atom. The molecule has 0 spiro atoms. The molecule has 2 N–H and O–H groups in total. The fourth-order valence-corrected chi connectivity index (χ4v) is 0.857. The van der Waals surface area contributed by atoms with E-state index in [1.807, 2.05) is 0 Å². The van der Waals surface area contributed by atoms with Crippen molar-refractivity contribution in [2.45, 2.75) is 13.3 Å². The van der Waals surface area contributed by atoms with E-state index < -0.39 is 0 Å². The minimum absolute atomic E-state index is 0.241. The quantitative estimate of drug-likeness (QED) is 0.689. The molecule has 1 aromatic rings. The number of nitrogens with two attached hydrogens (primary N) is 1. The van der Waals surface area contributed by atoms with Crippen LogP contribution in [-0.4, -0.2) is 16.6 Å². The van der Waals surface area contributed by atoms with Crippen LogP contribution < -0.4 is 5.73 Å². The van der Waals surface area contributed by atoms with Gasteiger partial charge >= 0.3 is 0 Å². The number of nitrogens with zero attached hydrogens (tertiary/aromatic N) is 2. The van der Waals surface area contributed by atoms with Gasteiger partial charge in [-0.25, -0.2) is 9.97 Å². The number of anilines is 1. The number of hydrogen-bond acceptors (Lipinski definition) is 3. The third-order valence-electron chi connectivity index (χ3n) is 1.46. The van der Waals surface area contributed by atoms with E-state index in [1.54, 1.807) is 13.1 Å². The van der Waals surface area contributed by atoms with Gasteiger partial charge in [-0.15, -0.1) is 0 Å². The van der Waals surface area contributed by atoms with E-state index in [9.17, 15) is 4.39 Å². The van der Waals surface area contributed by atoms with E-state index >= 15 is 0 Å². The maximum atomic E-state index is 11.9. The van der Waals surface area contributed by atoms with Gasteiger partial charge in [-0.05, 0) is 12.5 Å². The Kier molecular flexibility index (Phi) is 2.36. The van der Waals surface area contributed by atoms with Gasteiger partial charge in [0.05, 0.1) is 6.67 Å². The summed E-state index contributed by atoms with van der Waals surface area (Å²) in [6.07, 6.45) is 1.93. The largest absolute Gasteiger partial charge is 0.368 e. The molecule has 0 atom stereocenters. The van der Waals surface area contributed by atoms with E-state index in [0.717, 1.165) is 11.3 Å². The van der Waals surface area contributed by atoms with E-state index in [2.05, 4.69) is 9.97 Å². The number of alkyl halides is 1. The molecule has 0 aromatic carbocycles. The molecule has 0 fully saturated rings. The van der Waals surface area contributed by atoms with Crippen LogP contribution in [0.5, 0.6) is 0 Å². The van der Waals surface area contributed by atoms with Gasteiger partial charge in [0.15, 0.2) is 0 Å². The van der Waals surface area contributed by atoms with Crippen LogP contribution in [0.15, 0.2) is 6.20 Å². The molecule has 0 aliphatic rings. The molecule has 0 saturated carbocycles. The molecule has 0 unspecified atom stereocenters. The smallest absolute Gasteiger partial charge is 0.220 e. The van der Waals surface area contributed by atoms with Crippen molar-refractivity contribution >= 4 is 5.95 Å². The van der Waals surface area contributed by atoms with Crippen molar-refractivity contribution in [3.63, 3.8) is 0 Å². The van der Waals surface area contributed by atoms with Gasteiger partial charge in [-0.2, -0.15) is 0 Å². The van der Waals surface area contributed by atoms with Gasteiger partial charge in [-0.3, -0.25) is 4.39 Å². The van der Waals surface area contributed by atoms with Gasteiger partial charge in [0.25, 0.3) is 0 Å². The van der Waals surface area contributed by atoms with E-state index in [0.29, 0.717) is 6.42 Å². The number of nitrogen functional groups attached to an aromatic ring is 1. The third kappa shape index (κ3) is 1.86. The Hall–Kier alpha value is -1.19. The van der Waals surface area contributed by atoms with Crippen molar-refractivity contribution in [3.8, 4) is 0 Å². The molecule has 0 aliphatic heterocycles. The van der Waals surface area contributed by atoms with Crippen molar-refractivity contribution in [1.29, 1.82) is 0 Å². The maximum absolute atomic E-state index is 11.9. The van der Waals surface area contributed by atoms with Gasteiger partial charge in [0.2, 0.25) is 5.95 Å². The number of rotatable bonds is 2. The Balaban J connectivity index is 2.90. The highest BCUT2D eigenvalue weighted by Crippen LogP contribution is 2.05. The SMILES string of the molecule is Cc1nc(N)ncc1CCF. The second kappa shape index (κ2) is 3.27. The van der Waals surface area contributed by atoms with Crippen LogP contribution in [0.1, 0.15) is 11.3 Å². The number of halogens is 1. The lowest BCUT2D eigenvalue weighted by Crippen LogP contribution is -2.01. The van der Waals surface area contributed by atoms with Crippen LogP contribution >= 0.6 is 0 Å². The van der Waals surface area contributed by atoms with Gasteiger partial charge < -0.3 is 5.73 Å². The second-order valence-corrected chi connectivity index (χ2v) is 2.28. The van der Waals surface area contributed by atoms with E-state index in [1.165, 1.54) is 0 Å². The van der Waals surface area contributed by atoms with Crippen molar-refractivity contribution < 1.29 is 4.39 Å². The summed E-state index contributed by atoms with van der Waals surface area (Å²) in [5, 5.41) is 0. The molecular weight excluding hydrogens is 145 g/mol. The fraction of sp³-hybridized carbons (Fsp3) is 0.429. The molecule has 3 nitrogen and oxygen atoms in total. The first kappa shape index (κ1) is 7.91. The molecule has 1 heterocycles. The topological polar surface area (TPSA) is 51.8 Å². The first-order chi connectivity index (χ1) is 5.24. The van der Waals surface area contributed by atoms with Crippen LogP contribution in [0.2, 0.25) is 0 Å². The highest BCUT2D eigenvalue weighted by Gasteiger charge is 1.99. The normalized spacial score (nSPS) is 10.0. The Morgan fingerprint density at radius 2 is 2.36 bits per heavy atom. The predicted molar refractivity (Wildman–Crippen MR) is 40.9 cm³/mol. The summed E-state index contributed by atoms with van der Waals surface area (Å²) in [5.74, 6) is 0.241. The summed E-state index contributed by atoms with van der Waals surface area (Å²) in [5.41, 5.74) is 6.89. The summed E-state index contributed by atoms with van der Waals surface area (Å²) < 4.78 is 11.9. The summed E-state index contributed by atoms with van der Waals surface area (Å²) in [7, 11) is 0. The Bertz CT molecular complexity index is 249. The van der Waals surface area contributed by atoms with Crippen molar-refractivity contribution in [2.24, 2.45) is 0 Å². The zero-order valence-electron chi connectivity index (χ0n) is 6.34. The molecule has 11 heavy (non-hydrogen) atoms. The van der Waals surface area contributed by atoms with Crippen LogP contribution in [-0.2, 0) is 6.42 Å². The van der Waals surface area contributed by atoms with Crippen molar-refractivity contribution in [1.82, 2.24) is 9.97 Å². The standard InChI is InChI=1S/C7H10FN3/c1-5-6(2-3-8)4-10-7(9)11-5/h4H,2-3H2,1H3,(H2,9,10,11). The van der Waals surface area contributed by atoms with Crippen LogP contribution in [0.3, 0.4) is 0 Å². The number of aromatic nitrogens is 2. The summed E-state index contributed by atoms with van der Waals surface area (Å²) >= 11 is 0. The van der Waals surface area contributed by atoms with E-state index in [4.69, 9.17) is 5.73 Å². The Morgan fingerprint density at radius 3 is 2.91 bits per heavy atom. The molecule has 4 heteroatoms. The molecule has 0 aliphatic carbocycles. The maximum Gasteiger partial charge on any atom is 0.220 e. The lowest BCUT2D eigenvalue weighted by Gasteiger charge is -2.00. The average Bonchev–Trinajstić information content (AvgIpc) is 1.95. The summed E-state index contributed by atoms with van der Waals surface area (Å²) in [6.45, 7) is 1.41. The first-order valence-corrected chi connectivity index (χ1v) is 3.38. The third-order valence-corrected chi connectivity index (χ3v) is 1.46. The zero-order chi connectivity index (χ0) is 8.27. The minimum Gasteiger partial charge on any atom is -0.368 e. The molecule has 0 radical (unpaired) electrons. The second-order valence-electron chi connectivity index (χ2n) is 2.28. The molecule has 0 bridgehead atoms. The average molecular weight is 155 g/mol. The monoisotopic (exact) mass is 155 g/mol. The molecular formula is C7H10FN3. The van der Waals surface area contributed by atoms with E-state index in [-0.39, 0.29) is 12.6 Å². The molecule has 1 rings (SSSR count). The molecule has 0 amide bonds. The van der Waals surface area contributed by atoms with Crippen molar-refractivity contribution in [2.75, 3.05) is 12.4 Å². The number of aryl methyl sites for hydroxylation is 2.